The molecule has 0 aromatic heterocycles. The molecule has 3 rings (SSSR count). The van der Waals surface area contributed by atoms with Gasteiger partial charge in [0.1, 0.15) is 0 Å². The highest BCUT2D eigenvalue weighted by Gasteiger charge is 2.25. The first kappa shape index (κ1) is 16.3. The fourth-order valence-electron chi connectivity index (χ4n) is 3.29. The first-order chi connectivity index (χ1) is 10.3. The van der Waals surface area contributed by atoms with Crippen molar-refractivity contribution in [2.24, 2.45) is 0 Å². The number of nitrogens with one attached hydrogen (secondary N) is 1. The van der Waals surface area contributed by atoms with E-state index in [0.29, 0.717) is 0 Å². The van der Waals surface area contributed by atoms with Crippen LogP contribution in [0.4, 0.5) is 5.69 Å². The summed E-state index contributed by atoms with van der Waals surface area (Å²) in [6.45, 7) is 13.4. The van der Waals surface area contributed by atoms with Crippen molar-refractivity contribution in [3.05, 3.63) is 29.8 Å². The lowest BCUT2D eigenvalue weighted by Gasteiger charge is -2.41. The van der Waals surface area contributed by atoms with Gasteiger partial charge < -0.3 is 10.2 Å². The average Bonchev–Trinajstić information content (AvgIpc) is 2.58. The number of benzene rings is 1. The number of hydrogen-bond acceptors (Lipinski definition) is 3. The van der Waals surface area contributed by atoms with E-state index in [9.17, 15) is 0 Å². The molecule has 0 aliphatic carbocycles. The largest absolute Gasteiger partial charge is 0.371 e. The van der Waals surface area contributed by atoms with Gasteiger partial charge in [0.15, 0.2) is 0 Å². The van der Waals surface area contributed by atoms with Crippen LogP contribution in [0.15, 0.2) is 24.3 Å². The topological polar surface area (TPSA) is 18.5 Å². The average molecular weight is 289 g/mol. The number of anilines is 1. The Balaban J connectivity index is 0.000000774. The summed E-state index contributed by atoms with van der Waals surface area (Å²) in [6.07, 6.45) is 2.63. The normalized spacial score (nSPS) is 20.8. The van der Waals surface area contributed by atoms with Crippen LogP contribution in [0.1, 0.15) is 32.3 Å². The Morgan fingerprint density at radius 1 is 0.905 bits per heavy atom. The Hall–Kier alpha value is -1.06. The monoisotopic (exact) mass is 289 g/mol. The molecule has 118 valence electrons. The lowest BCUT2D eigenvalue weighted by atomic mass is 10.0. The molecule has 2 heterocycles. The Labute approximate surface area is 130 Å². The van der Waals surface area contributed by atoms with Crippen molar-refractivity contribution < 1.29 is 0 Å². The maximum absolute atomic E-state index is 3.44. The summed E-state index contributed by atoms with van der Waals surface area (Å²) in [5.41, 5.74) is 2.74. The van der Waals surface area contributed by atoms with E-state index in [4.69, 9.17) is 0 Å². The van der Waals surface area contributed by atoms with Gasteiger partial charge in [0.2, 0.25) is 0 Å². The SMILES string of the molecule is CC.Cc1ccc(N2CCC(N3CCNCC3)CC2)cc1. The molecule has 0 bridgehead atoms. The van der Waals surface area contributed by atoms with Gasteiger partial charge in [0.25, 0.3) is 0 Å². The Morgan fingerprint density at radius 2 is 1.48 bits per heavy atom. The zero-order chi connectivity index (χ0) is 15.1. The zero-order valence-corrected chi connectivity index (χ0v) is 13.9. The van der Waals surface area contributed by atoms with Crippen LogP contribution >= 0.6 is 0 Å². The highest BCUT2D eigenvalue weighted by molar-refractivity contribution is 5.47. The Kier molecular flexibility index (Phi) is 6.52. The van der Waals surface area contributed by atoms with Gasteiger partial charge >= 0.3 is 0 Å². The maximum Gasteiger partial charge on any atom is 0.0366 e. The van der Waals surface area contributed by atoms with Crippen molar-refractivity contribution in [3.8, 4) is 0 Å². The van der Waals surface area contributed by atoms with Crippen molar-refractivity contribution in [2.75, 3.05) is 44.2 Å². The van der Waals surface area contributed by atoms with Gasteiger partial charge in [0.05, 0.1) is 0 Å². The molecule has 2 aliphatic rings. The summed E-state index contributed by atoms with van der Waals surface area (Å²) < 4.78 is 0. The van der Waals surface area contributed by atoms with E-state index >= 15 is 0 Å². The molecule has 2 fully saturated rings. The number of piperidine rings is 1. The molecule has 0 atom stereocenters. The molecule has 1 aromatic rings. The van der Waals surface area contributed by atoms with Crippen LogP contribution in [0.5, 0.6) is 0 Å². The molecule has 21 heavy (non-hydrogen) atoms. The molecule has 0 unspecified atom stereocenters. The van der Waals surface area contributed by atoms with Crippen molar-refractivity contribution in [1.82, 2.24) is 10.2 Å². The molecule has 2 saturated heterocycles. The first-order valence-electron chi connectivity index (χ1n) is 8.59. The van der Waals surface area contributed by atoms with E-state index in [1.807, 2.05) is 13.8 Å². The summed E-state index contributed by atoms with van der Waals surface area (Å²) in [4.78, 5) is 5.22. The predicted molar refractivity (Wildman–Crippen MR) is 92.2 cm³/mol. The molecule has 1 aromatic carbocycles. The van der Waals surface area contributed by atoms with Gasteiger partial charge in [-0.1, -0.05) is 31.5 Å². The van der Waals surface area contributed by atoms with Crippen molar-refractivity contribution >= 4 is 5.69 Å². The van der Waals surface area contributed by atoms with E-state index < -0.39 is 0 Å². The van der Waals surface area contributed by atoms with Gasteiger partial charge in [-0.05, 0) is 31.9 Å². The summed E-state index contributed by atoms with van der Waals surface area (Å²) in [5, 5.41) is 3.44. The standard InChI is InChI=1S/C16H25N3.C2H6/c1-14-2-4-15(5-3-14)18-10-6-16(7-11-18)19-12-8-17-9-13-19;1-2/h2-5,16-17H,6-13H2,1H3;1-2H3. The smallest absolute Gasteiger partial charge is 0.0366 e. The second-order valence-electron chi connectivity index (χ2n) is 5.84. The fraction of sp³-hybridized carbons (Fsp3) is 0.667. The van der Waals surface area contributed by atoms with Gasteiger partial charge in [-0.15, -0.1) is 0 Å². The third-order valence-corrected chi connectivity index (χ3v) is 4.53. The van der Waals surface area contributed by atoms with Crippen LogP contribution in [0.2, 0.25) is 0 Å². The van der Waals surface area contributed by atoms with E-state index in [2.05, 4.69) is 46.3 Å². The van der Waals surface area contributed by atoms with Gasteiger partial charge in [0, 0.05) is 51.0 Å². The summed E-state index contributed by atoms with van der Waals surface area (Å²) in [6, 6.07) is 9.78. The zero-order valence-electron chi connectivity index (χ0n) is 13.9. The van der Waals surface area contributed by atoms with Crippen LogP contribution in [0, 0.1) is 6.92 Å². The number of hydrogen-bond donors (Lipinski definition) is 1. The number of piperazine rings is 1. The molecule has 1 N–H and O–H groups in total. The molecule has 0 saturated carbocycles. The fourth-order valence-corrected chi connectivity index (χ4v) is 3.29. The van der Waals surface area contributed by atoms with Crippen LogP contribution in [0.3, 0.4) is 0 Å². The Morgan fingerprint density at radius 3 is 2.05 bits per heavy atom. The summed E-state index contributed by atoms with van der Waals surface area (Å²) >= 11 is 0. The number of nitrogens with zero attached hydrogens (tertiary/aromatic N) is 2. The van der Waals surface area contributed by atoms with E-state index in [1.165, 1.54) is 50.3 Å². The highest BCUT2D eigenvalue weighted by atomic mass is 15.2. The molecular formula is C18H31N3. The van der Waals surface area contributed by atoms with Crippen LogP contribution in [-0.4, -0.2) is 50.2 Å². The minimum absolute atomic E-state index is 0.809. The van der Waals surface area contributed by atoms with E-state index in [0.717, 1.165) is 19.1 Å². The lowest BCUT2D eigenvalue weighted by Crippen LogP contribution is -2.52. The highest BCUT2D eigenvalue weighted by Crippen LogP contribution is 2.23. The molecule has 3 nitrogen and oxygen atoms in total. The van der Waals surface area contributed by atoms with Crippen molar-refractivity contribution in [2.45, 2.75) is 39.7 Å². The summed E-state index contributed by atoms with van der Waals surface area (Å²) in [7, 11) is 0. The maximum atomic E-state index is 3.44. The van der Waals surface area contributed by atoms with E-state index in [1.54, 1.807) is 0 Å². The van der Waals surface area contributed by atoms with Gasteiger partial charge in [-0.25, -0.2) is 0 Å². The quantitative estimate of drug-likeness (QED) is 0.903. The van der Waals surface area contributed by atoms with Crippen LogP contribution in [0.25, 0.3) is 0 Å². The van der Waals surface area contributed by atoms with Crippen molar-refractivity contribution in [1.29, 1.82) is 0 Å². The second-order valence-corrected chi connectivity index (χ2v) is 5.84. The lowest BCUT2D eigenvalue weighted by molar-refractivity contribution is 0.150. The molecule has 2 aliphatic heterocycles. The minimum atomic E-state index is 0.809. The third kappa shape index (κ3) is 4.45. The van der Waals surface area contributed by atoms with Gasteiger partial charge in [-0.3, -0.25) is 4.90 Å². The van der Waals surface area contributed by atoms with Gasteiger partial charge in [-0.2, -0.15) is 0 Å². The number of rotatable bonds is 2. The summed E-state index contributed by atoms with van der Waals surface area (Å²) in [5.74, 6) is 0. The van der Waals surface area contributed by atoms with E-state index in [-0.39, 0.29) is 0 Å². The first-order valence-corrected chi connectivity index (χ1v) is 8.59. The van der Waals surface area contributed by atoms with Crippen molar-refractivity contribution in [3.63, 3.8) is 0 Å². The molecular weight excluding hydrogens is 258 g/mol. The molecule has 0 radical (unpaired) electrons. The molecule has 0 amide bonds. The number of aryl methyl sites for hydroxylation is 1. The van der Waals surface area contributed by atoms with Crippen LogP contribution in [-0.2, 0) is 0 Å². The minimum Gasteiger partial charge on any atom is -0.371 e. The second kappa shape index (κ2) is 8.40. The predicted octanol–water partition coefficient (Wildman–Crippen LogP) is 2.90. The Bertz CT molecular complexity index is 387. The third-order valence-electron chi connectivity index (χ3n) is 4.53. The molecule has 3 heteroatoms. The van der Waals surface area contributed by atoms with Crippen LogP contribution < -0.4 is 10.2 Å². The molecule has 0 spiro atoms.